The molecule has 12 fully saturated rings. The molecule has 0 heterocycles. The third kappa shape index (κ3) is 5.56. The number of nitrogens with two attached hydrogens (primary N) is 3. The van der Waals surface area contributed by atoms with Gasteiger partial charge in [0.25, 0.3) is 0 Å². The third-order valence-electron chi connectivity index (χ3n) is 18.5. The average Bonchev–Trinajstić information content (AvgIpc) is 3.19. The van der Waals surface area contributed by atoms with Crippen LogP contribution in [-0.4, -0.2) is 0 Å². The number of nitrogen functional groups attached to an aromatic ring is 3. The predicted molar refractivity (Wildman–Crippen MR) is 239 cm³/mol. The Bertz CT molecular complexity index is 2280. The van der Waals surface area contributed by atoms with Gasteiger partial charge in [-0.1, -0.05) is 36.4 Å². The molecule has 16 rings (SSSR count). The summed E-state index contributed by atoms with van der Waals surface area (Å²) in [6.07, 6.45) is 23.1. The molecule has 0 radical (unpaired) electrons. The minimum atomic E-state index is -0.121. The fraction of sp³-hybridized carbons (Fsp3) is 0.556. The van der Waals surface area contributed by atoms with Crippen molar-refractivity contribution in [3.8, 4) is 34.5 Å². The molecule has 60 heavy (non-hydrogen) atoms. The summed E-state index contributed by atoms with van der Waals surface area (Å²) >= 11 is 0. The van der Waals surface area contributed by atoms with E-state index in [2.05, 4.69) is 30.3 Å². The number of ether oxygens (including phenoxy) is 3. The molecule has 12 aliphatic carbocycles. The van der Waals surface area contributed by atoms with Crippen LogP contribution in [0.5, 0.6) is 34.5 Å². The van der Waals surface area contributed by atoms with Crippen LogP contribution in [0.4, 0.5) is 17.1 Å². The van der Waals surface area contributed by atoms with Gasteiger partial charge >= 0.3 is 0 Å². The minimum Gasteiger partial charge on any atom is -0.454 e. The number of rotatable bonds is 9. The first-order chi connectivity index (χ1) is 29.2. The molecule has 312 valence electrons. The summed E-state index contributed by atoms with van der Waals surface area (Å²) < 4.78 is 23.3. The zero-order valence-corrected chi connectivity index (χ0v) is 35.3. The van der Waals surface area contributed by atoms with Crippen molar-refractivity contribution in [2.45, 2.75) is 132 Å². The molecule has 0 amide bonds. The summed E-state index contributed by atoms with van der Waals surface area (Å²) in [5.74, 6) is 11.6. The molecule has 0 unspecified atom stereocenters. The summed E-state index contributed by atoms with van der Waals surface area (Å²) in [5, 5.41) is 0. The van der Waals surface area contributed by atoms with Crippen molar-refractivity contribution in [1.82, 2.24) is 0 Å². The maximum Gasteiger partial charge on any atom is 0.177 e. The van der Waals surface area contributed by atoms with Gasteiger partial charge in [-0.25, -0.2) is 0 Å². The van der Waals surface area contributed by atoms with Crippen LogP contribution in [0.3, 0.4) is 0 Å². The van der Waals surface area contributed by atoms with Crippen molar-refractivity contribution in [2.75, 3.05) is 17.2 Å². The molecule has 0 saturated heterocycles. The van der Waals surface area contributed by atoms with E-state index in [-0.39, 0.29) is 16.2 Å². The lowest BCUT2D eigenvalue weighted by Crippen LogP contribution is -2.53. The van der Waals surface area contributed by atoms with E-state index in [9.17, 15) is 0 Å². The van der Waals surface area contributed by atoms with Crippen molar-refractivity contribution in [1.29, 1.82) is 0 Å². The zero-order chi connectivity index (χ0) is 40.0. The van der Waals surface area contributed by atoms with Crippen LogP contribution in [0.15, 0.2) is 72.8 Å². The second kappa shape index (κ2) is 13.1. The topological polar surface area (TPSA) is 106 Å². The van der Waals surface area contributed by atoms with Crippen molar-refractivity contribution in [3.63, 3.8) is 0 Å². The fourth-order valence-corrected chi connectivity index (χ4v) is 17.8. The van der Waals surface area contributed by atoms with E-state index < -0.39 is 0 Å². The molecule has 4 aromatic rings. The first-order valence-electron chi connectivity index (χ1n) is 24.0. The molecule has 12 saturated carbocycles. The standard InChI is InChI=1S/C54H63N3O3/c55-40-7-1-4-10-43(40)58-49-46(52-22-31-13-32(23-52)15-33(14-31)24-52)47(53-25-34-16-35(26-53)18-36(17-34)27-53)50(59-44-11-5-2-8-41(44)56)51(60-45-12-6-3-9-42(45)57)48(49)54-28-37-19-38(29-54)21-39(20-37)30-54/h1-12,31-39H,13-30,55-57H2. The highest BCUT2D eigenvalue weighted by Gasteiger charge is 2.62. The Balaban J connectivity index is 1.19. The summed E-state index contributed by atoms with van der Waals surface area (Å²) in [4.78, 5) is 0. The van der Waals surface area contributed by atoms with Crippen molar-refractivity contribution in [2.24, 2.45) is 53.3 Å². The zero-order valence-electron chi connectivity index (χ0n) is 35.3. The van der Waals surface area contributed by atoms with Crippen LogP contribution in [0.1, 0.15) is 132 Å². The summed E-state index contributed by atoms with van der Waals surface area (Å²) in [6.45, 7) is 0. The van der Waals surface area contributed by atoms with Gasteiger partial charge in [0, 0.05) is 32.9 Å². The quantitative estimate of drug-likeness (QED) is 0.146. The molecule has 0 aliphatic heterocycles. The number of benzene rings is 4. The molecule has 4 aromatic carbocycles. The summed E-state index contributed by atoms with van der Waals surface area (Å²) in [6, 6.07) is 24.5. The minimum absolute atomic E-state index is 0.00597. The van der Waals surface area contributed by atoms with Gasteiger partial charge in [-0.3, -0.25) is 0 Å². The largest absolute Gasteiger partial charge is 0.454 e. The Hall–Kier alpha value is -4.32. The Morgan fingerprint density at radius 3 is 0.850 bits per heavy atom. The Labute approximate surface area is 356 Å². The van der Waals surface area contributed by atoms with Gasteiger partial charge in [-0.2, -0.15) is 0 Å². The van der Waals surface area contributed by atoms with Crippen LogP contribution < -0.4 is 31.4 Å². The van der Waals surface area contributed by atoms with E-state index in [0.717, 1.165) is 77.8 Å². The van der Waals surface area contributed by atoms with Gasteiger partial charge in [0.2, 0.25) is 0 Å². The monoisotopic (exact) mass is 801 g/mol. The Morgan fingerprint density at radius 2 is 0.550 bits per heavy atom. The molecular formula is C54H63N3O3. The molecule has 0 atom stereocenters. The van der Waals surface area contributed by atoms with E-state index in [1.54, 1.807) is 0 Å². The van der Waals surface area contributed by atoms with Gasteiger partial charge in [0.05, 0.1) is 17.1 Å². The molecule has 6 heteroatoms. The normalized spacial score (nSPS) is 38.7. The summed E-state index contributed by atoms with van der Waals surface area (Å²) in [5.41, 5.74) is 26.8. The van der Waals surface area contributed by atoms with E-state index in [0.29, 0.717) is 46.3 Å². The number of anilines is 3. The Kier molecular flexibility index (Phi) is 7.93. The lowest BCUT2D eigenvalue weighted by atomic mass is 9.43. The van der Waals surface area contributed by atoms with Crippen molar-refractivity contribution < 1.29 is 14.2 Å². The van der Waals surface area contributed by atoms with Gasteiger partial charge in [0.1, 0.15) is 11.5 Å². The third-order valence-corrected chi connectivity index (χ3v) is 18.5. The lowest BCUT2D eigenvalue weighted by Gasteiger charge is -2.62. The van der Waals surface area contributed by atoms with Crippen LogP contribution in [-0.2, 0) is 16.2 Å². The smallest absolute Gasteiger partial charge is 0.177 e. The lowest BCUT2D eigenvalue weighted by molar-refractivity contribution is -0.0205. The molecule has 0 spiro atoms. The molecule has 6 nitrogen and oxygen atoms in total. The number of para-hydroxylation sites is 6. The molecule has 12 aliphatic rings. The highest BCUT2D eigenvalue weighted by Crippen LogP contribution is 2.73. The average molecular weight is 802 g/mol. The first kappa shape index (κ1) is 36.3. The van der Waals surface area contributed by atoms with Crippen LogP contribution in [0.2, 0.25) is 0 Å². The van der Waals surface area contributed by atoms with Crippen LogP contribution >= 0.6 is 0 Å². The second-order valence-electron chi connectivity index (χ2n) is 22.6. The SMILES string of the molecule is Nc1ccccc1Oc1c(Oc2ccccc2N)c(C23CC4CC(CC(C4)C2)C3)c(C23CC4CC(CC(C4)C2)C3)c(Oc2ccccc2N)c1C12CC3CC(CC(C3)C1)C2. The van der Waals surface area contributed by atoms with Gasteiger partial charge < -0.3 is 31.4 Å². The maximum atomic E-state index is 7.88. The maximum absolute atomic E-state index is 7.88. The van der Waals surface area contributed by atoms with Gasteiger partial charge in [0.15, 0.2) is 23.0 Å². The molecule has 0 aromatic heterocycles. The molecule has 6 N–H and O–H groups in total. The molecule has 12 bridgehead atoms. The van der Waals surface area contributed by atoms with E-state index in [1.165, 1.54) is 113 Å². The van der Waals surface area contributed by atoms with E-state index >= 15 is 0 Å². The van der Waals surface area contributed by atoms with Gasteiger partial charge in [-0.15, -0.1) is 0 Å². The Morgan fingerprint density at radius 1 is 0.317 bits per heavy atom. The van der Waals surface area contributed by atoms with Crippen LogP contribution in [0, 0.1) is 53.3 Å². The first-order valence-corrected chi connectivity index (χ1v) is 24.0. The number of hydrogen-bond acceptors (Lipinski definition) is 6. The highest BCUT2D eigenvalue weighted by molar-refractivity contribution is 5.74. The summed E-state index contributed by atoms with van der Waals surface area (Å²) in [7, 11) is 0. The van der Waals surface area contributed by atoms with E-state index in [1.807, 2.05) is 42.5 Å². The van der Waals surface area contributed by atoms with E-state index in [4.69, 9.17) is 31.4 Å². The predicted octanol–water partition coefficient (Wildman–Crippen LogP) is 13.2. The number of hydrogen-bond donors (Lipinski definition) is 3. The fourth-order valence-electron chi connectivity index (χ4n) is 17.8. The molecular weight excluding hydrogens is 739 g/mol. The van der Waals surface area contributed by atoms with Crippen LogP contribution in [0.25, 0.3) is 0 Å². The highest BCUT2D eigenvalue weighted by atomic mass is 16.5. The van der Waals surface area contributed by atoms with Crippen molar-refractivity contribution >= 4 is 17.1 Å². The van der Waals surface area contributed by atoms with Gasteiger partial charge in [-0.05, 0) is 205 Å². The second-order valence-corrected chi connectivity index (χ2v) is 22.6. The van der Waals surface area contributed by atoms with Crippen molar-refractivity contribution in [3.05, 3.63) is 89.5 Å².